The van der Waals surface area contributed by atoms with E-state index < -0.39 is 0 Å². The Bertz CT molecular complexity index is 915. The van der Waals surface area contributed by atoms with Crippen LogP contribution < -0.4 is 0 Å². The van der Waals surface area contributed by atoms with Gasteiger partial charge in [-0.05, 0) is 26.0 Å². The third kappa shape index (κ3) is 2.06. The molecule has 3 heteroatoms. The molecule has 0 fully saturated rings. The third-order valence-corrected chi connectivity index (χ3v) is 3.98. The first kappa shape index (κ1) is 13.0. The van der Waals surface area contributed by atoms with Crippen LogP contribution in [-0.2, 0) is 0 Å². The average molecular weight is 287 g/mol. The number of aryl methyl sites for hydroxylation is 1. The van der Waals surface area contributed by atoms with Crippen LogP contribution >= 0.6 is 0 Å². The number of hydrogen-bond donors (Lipinski definition) is 1. The number of nitrogens with one attached hydrogen (secondary N) is 1. The molecule has 2 aromatic carbocycles. The largest absolute Gasteiger partial charge is 0.351 e. The van der Waals surface area contributed by atoms with Gasteiger partial charge in [0, 0.05) is 22.2 Å². The zero-order valence-electron chi connectivity index (χ0n) is 12.7. The highest BCUT2D eigenvalue weighted by Crippen LogP contribution is 2.34. The monoisotopic (exact) mass is 287 g/mol. The number of H-pyrrole nitrogens is 1. The van der Waals surface area contributed by atoms with Crippen LogP contribution in [0.4, 0.5) is 5.69 Å². The van der Waals surface area contributed by atoms with Gasteiger partial charge in [0.1, 0.15) is 0 Å². The average Bonchev–Trinajstić information content (AvgIpc) is 2.77. The molecule has 1 aromatic heterocycles. The molecule has 0 aliphatic carbocycles. The van der Waals surface area contributed by atoms with Crippen molar-refractivity contribution in [1.82, 2.24) is 4.98 Å². The molecule has 0 bridgehead atoms. The number of rotatable bonds is 1. The van der Waals surface area contributed by atoms with Gasteiger partial charge < -0.3 is 4.98 Å². The van der Waals surface area contributed by atoms with Crippen LogP contribution in [-0.4, -0.2) is 23.0 Å². The fraction of sp³-hybridized carbons (Fsp3) is 0.158. The molecule has 0 spiro atoms. The van der Waals surface area contributed by atoms with Gasteiger partial charge in [0.15, 0.2) is 0 Å². The molecular formula is C19H17N3. The minimum atomic E-state index is 0.639. The fourth-order valence-corrected chi connectivity index (χ4v) is 2.91. The van der Waals surface area contributed by atoms with Crippen molar-refractivity contribution in [3.63, 3.8) is 0 Å². The van der Waals surface area contributed by atoms with Crippen LogP contribution in [0.25, 0.3) is 10.9 Å². The van der Waals surface area contributed by atoms with Crippen LogP contribution in [0.5, 0.6) is 0 Å². The molecule has 3 nitrogen and oxygen atoms in total. The van der Waals surface area contributed by atoms with Crippen LogP contribution in [0.1, 0.15) is 23.7 Å². The minimum absolute atomic E-state index is 0.639. The molecule has 0 amide bonds. The lowest BCUT2D eigenvalue weighted by atomic mass is 10.1. The first-order valence-corrected chi connectivity index (χ1v) is 7.49. The van der Waals surface area contributed by atoms with Gasteiger partial charge in [-0.2, -0.15) is 0 Å². The van der Waals surface area contributed by atoms with Gasteiger partial charge in [0.05, 0.1) is 23.6 Å². The Morgan fingerprint density at radius 2 is 1.82 bits per heavy atom. The highest BCUT2D eigenvalue weighted by atomic mass is 14.9. The Labute approximate surface area is 129 Å². The lowest BCUT2D eigenvalue weighted by molar-refractivity contribution is 1.27. The van der Waals surface area contributed by atoms with E-state index in [2.05, 4.69) is 42.2 Å². The van der Waals surface area contributed by atoms with Crippen LogP contribution in [0.3, 0.4) is 0 Å². The molecule has 0 saturated carbocycles. The van der Waals surface area contributed by atoms with Crippen molar-refractivity contribution in [2.45, 2.75) is 13.8 Å². The summed E-state index contributed by atoms with van der Waals surface area (Å²) in [5.41, 5.74) is 7.53. The Morgan fingerprint density at radius 3 is 2.64 bits per heavy atom. The van der Waals surface area contributed by atoms with Crippen molar-refractivity contribution in [2.24, 2.45) is 9.98 Å². The van der Waals surface area contributed by atoms with Crippen molar-refractivity contribution >= 4 is 28.0 Å². The zero-order chi connectivity index (χ0) is 15.1. The van der Waals surface area contributed by atoms with Gasteiger partial charge in [-0.1, -0.05) is 42.0 Å². The van der Waals surface area contributed by atoms with E-state index in [0.29, 0.717) is 6.54 Å². The molecule has 108 valence electrons. The SMILES string of the molecule is CC1=Nc2c([nH]c3ccc(C)cc23)C(c2ccccc2)=NC1. The number of fused-ring (bicyclic) bond motifs is 3. The third-order valence-electron chi connectivity index (χ3n) is 3.98. The smallest absolute Gasteiger partial charge is 0.0980 e. The number of hydrogen-bond acceptors (Lipinski definition) is 2. The second kappa shape index (κ2) is 4.95. The zero-order valence-corrected chi connectivity index (χ0v) is 12.7. The quantitative estimate of drug-likeness (QED) is 0.688. The molecular weight excluding hydrogens is 270 g/mol. The molecule has 22 heavy (non-hydrogen) atoms. The second-order valence-corrected chi connectivity index (χ2v) is 5.78. The molecule has 1 N–H and O–H groups in total. The predicted octanol–water partition coefficient (Wildman–Crippen LogP) is 4.42. The van der Waals surface area contributed by atoms with Gasteiger partial charge >= 0.3 is 0 Å². The summed E-state index contributed by atoms with van der Waals surface area (Å²) in [6.45, 7) is 4.79. The maximum Gasteiger partial charge on any atom is 0.0980 e. The van der Waals surface area contributed by atoms with Crippen molar-refractivity contribution in [2.75, 3.05) is 6.54 Å². The van der Waals surface area contributed by atoms with Crippen molar-refractivity contribution in [1.29, 1.82) is 0 Å². The van der Waals surface area contributed by atoms with Crippen LogP contribution in [0.2, 0.25) is 0 Å². The topological polar surface area (TPSA) is 40.5 Å². The first-order valence-electron chi connectivity index (χ1n) is 7.49. The van der Waals surface area contributed by atoms with Crippen molar-refractivity contribution in [3.05, 3.63) is 65.4 Å². The van der Waals surface area contributed by atoms with E-state index >= 15 is 0 Å². The Hall–Kier alpha value is -2.68. The second-order valence-electron chi connectivity index (χ2n) is 5.78. The van der Waals surface area contributed by atoms with Gasteiger partial charge in [-0.3, -0.25) is 9.98 Å². The molecule has 1 aliphatic heterocycles. The Balaban J connectivity index is 2.02. The van der Waals surface area contributed by atoms with E-state index in [9.17, 15) is 0 Å². The molecule has 1 aliphatic rings. The fourth-order valence-electron chi connectivity index (χ4n) is 2.91. The number of aromatic amines is 1. The maximum absolute atomic E-state index is 4.82. The summed E-state index contributed by atoms with van der Waals surface area (Å²) in [4.78, 5) is 13.1. The summed E-state index contributed by atoms with van der Waals surface area (Å²) in [5, 5.41) is 1.17. The Morgan fingerprint density at radius 1 is 1.00 bits per heavy atom. The minimum Gasteiger partial charge on any atom is -0.351 e. The summed E-state index contributed by atoms with van der Waals surface area (Å²) in [6, 6.07) is 16.7. The van der Waals surface area contributed by atoms with Gasteiger partial charge in [-0.25, -0.2) is 0 Å². The molecule has 0 atom stereocenters. The van der Waals surface area contributed by atoms with Gasteiger partial charge in [0.2, 0.25) is 0 Å². The first-order chi connectivity index (χ1) is 10.7. The summed E-state index contributed by atoms with van der Waals surface area (Å²) < 4.78 is 0. The molecule has 3 aromatic rings. The summed E-state index contributed by atoms with van der Waals surface area (Å²) >= 11 is 0. The lowest BCUT2D eigenvalue weighted by Gasteiger charge is -2.04. The highest BCUT2D eigenvalue weighted by Gasteiger charge is 2.19. The number of nitrogens with zero attached hydrogens (tertiary/aromatic N) is 2. The van der Waals surface area contributed by atoms with E-state index in [4.69, 9.17) is 9.98 Å². The maximum atomic E-state index is 4.82. The normalized spacial score (nSPS) is 14.3. The molecule has 0 unspecified atom stereocenters. The summed E-state index contributed by atoms with van der Waals surface area (Å²) in [7, 11) is 0. The molecule has 0 radical (unpaired) electrons. The van der Waals surface area contributed by atoms with Crippen molar-refractivity contribution < 1.29 is 0 Å². The number of benzene rings is 2. The van der Waals surface area contributed by atoms with Gasteiger partial charge in [-0.15, -0.1) is 0 Å². The van der Waals surface area contributed by atoms with Crippen LogP contribution in [0, 0.1) is 6.92 Å². The van der Waals surface area contributed by atoms with E-state index in [1.807, 2.05) is 25.1 Å². The Kier molecular flexibility index (Phi) is 2.93. The molecule has 0 saturated heterocycles. The molecule has 2 heterocycles. The van der Waals surface area contributed by atoms with E-state index in [1.165, 1.54) is 10.9 Å². The van der Waals surface area contributed by atoms with E-state index in [0.717, 1.165) is 33.9 Å². The summed E-state index contributed by atoms with van der Waals surface area (Å²) in [5.74, 6) is 0. The number of aliphatic imine (C=N–C) groups is 2. The van der Waals surface area contributed by atoms with E-state index in [-0.39, 0.29) is 0 Å². The summed E-state index contributed by atoms with van der Waals surface area (Å²) in [6.07, 6.45) is 0. The lowest BCUT2D eigenvalue weighted by Crippen LogP contribution is -2.05. The molecule has 4 rings (SSSR count). The van der Waals surface area contributed by atoms with Crippen molar-refractivity contribution in [3.8, 4) is 0 Å². The highest BCUT2D eigenvalue weighted by molar-refractivity contribution is 6.20. The number of aromatic nitrogens is 1. The van der Waals surface area contributed by atoms with Crippen LogP contribution in [0.15, 0.2) is 58.5 Å². The van der Waals surface area contributed by atoms with Gasteiger partial charge in [0.25, 0.3) is 0 Å². The standard InChI is InChI=1S/C19H17N3/c1-12-8-9-16-15(10-12)18-19(22-16)17(20-11-13(2)21-18)14-6-4-3-5-7-14/h3-10,22H,11H2,1-2H3. The van der Waals surface area contributed by atoms with E-state index in [1.54, 1.807) is 0 Å². The predicted molar refractivity (Wildman–Crippen MR) is 92.8 cm³/mol.